The molecule has 0 bridgehead atoms. The summed E-state index contributed by atoms with van der Waals surface area (Å²) in [6.07, 6.45) is 2.65. The normalized spacial score (nSPS) is 11.6. The van der Waals surface area contributed by atoms with Crippen molar-refractivity contribution in [2.45, 2.75) is 40.0 Å². The summed E-state index contributed by atoms with van der Waals surface area (Å²) in [6, 6.07) is 0. The quantitative estimate of drug-likeness (QED) is 0.660. The van der Waals surface area contributed by atoms with Crippen LogP contribution in [-0.2, 0) is 4.79 Å². The molecule has 0 atom stereocenters. The van der Waals surface area contributed by atoms with Gasteiger partial charge < -0.3 is 10.5 Å². The van der Waals surface area contributed by atoms with Gasteiger partial charge in [-0.3, -0.25) is 0 Å². The Bertz CT molecular complexity index is 130. The van der Waals surface area contributed by atoms with Gasteiger partial charge in [0.05, 0.1) is 0 Å². The summed E-state index contributed by atoms with van der Waals surface area (Å²) in [5, 5.41) is 0. The first kappa shape index (κ1) is 10.6. The molecule has 0 fully saturated rings. The minimum Gasteiger partial charge on any atom is -0.330 e. The summed E-state index contributed by atoms with van der Waals surface area (Å²) in [4.78, 5) is 10.7. The summed E-state index contributed by atoms with van der Waals surface area (Å²) in [5.41, 5.74) is 5.67. The molecule has 0 amide bonds. The largest absolute Gasteiger partial charge is 0.330 e. The zero-order valence-corrected chi connectivity index (χ0v) is 7.81. The van der Waals surface area contributed by atoms with Gasteiger partial charge in [-0.25, -0.2) is 0 Å². The van der Waals surface area contributed by atoms with Crippen molar-refractivity contribution in [2.75, 3.05) is 6.54 Å². The average Bonchev–Trinajstić information content (AvgIpc) is 1.84. The highest BCUT2D eigenvalue weighted by Gasteiger charge is 2.16. The van der Waals surface area contributed by atoms with E-state index in [0.29, 0.717) is 13.0 Å². The molecule has 0 aliphatic heterocycles. The maximum atomic E-state index is 10.7. The second-order valence-corrected chi connectivity index (χ2v) is 3.90. The smallest absolute Gasteiger partial charge is 0.129 e. The van der Waals surface area contributed by atoms with Gasteiger partial charge in [0.2, 0.25) is 0 Å². The van der Waals surface area contributed by atoms with Crippen LogP contribution in [0.5, 0.6) is 0 Å². The lowest BCUT2D eigenvalue weighted by molar-refractivity contribution is -0.117. The standard InChI is InChI=1S/C9H19NO/c1-8(11)4-5-9(2,3)6-7-10/h4-7,10H2,1-3H3. The Morgan fingerprint density at radius 1 is 1.36 bits per heavy atom. The molecule has 0 saturated heterocycles. The zero-order chi connectivity index (χ0) is 8.91. The van der Waals surface area contributed by atoms with Crippen molar-refractivity contribution in [2.24, 2.45) is 11.1 Å². The van der Waals surface area contributed by atoms with Crippen LogP contribution in [0.15, 0.2) is 0 Å². The first-order valence-corrected chi connectivity index (χ1v) is 4.17. The lowest BCUT2D eigenvalue weighted by atomic mass is 9.84. The van der Waals surface area contributed by atoms with E-state index >= 15 is 0 Å². The molecule has 66 valence electrons. The van der Waals surface area contributed by atoms with Crippen LogP contribution in [0.2, 0.25) is 0 Å². The second-order valence-electron chi connectivity index (χ2n) is 3.90. The van der Waals surface area contributed by atoms with Gasteiger partial charge in [-0.15, -0.1) is 0 Å². The fraction of sp³-hybridized carbons (Fsp3) is 0.889. The highest BCUT2D eigenvalue weighted by atomic mass is 16.1. The van der Waals surface area contributed by atoms with Crippen molar-refractivity contribution in [3.63, 3.8) is 0 Å². The van der Waals surface area contributed by atoms with Gasteiger partial charge in [-0.1, -0.05) is 13.8 Å². The van der Waals surface area contributed by atoms with Crippen molar-refractivity contribution in [3.8, 4) is 0 Å². The topological polar surface area (TPSA) is 43.1 Å². The van der Waals surface area contributed by atoms with E-state index in [0.717, 1.165) is 12.8 Å². The van der Waals surface area contributed by atoms with E-state index in [-0.39, 0.29) is 11.2 Å². The molecule has 0 aromatic heterocycles. The number of nitrogens with two attached hydrogens (primary N) is 1. The van der Waals surface area contributed by atoms with Crippen molar-refractivity contribution in [1.29, 1.82) is 0 Å². The third kappa shape index (κ3) is 6.05. The lowest BCUT2D eigenvalue weighted by Crippen LogP contribution is -2.17. The fourth-order valence-electron chi connectivity index (χ4n) is 1.03. The number of Topliss-reactive ketones (excluding diaryl/α,β-unsaturated/α-hetero) is 1. The molecular weight excluding hydrogens is 138 g/mol. The van der Waals surface area contributed by atoms with Crippen molar-refractivity contribution in [3.05, 3.63) is 0 Å². The van der Waals surface area contributed by atoms with Crippen LogP contribution >= 0.6 is 0 Å². The minimum absolute atomic E-state index is 0.237. The average molecular weight is 157 g/mol. The highest BCUT2D eigenvalue weighted by Crippen LogP contribution is 2.25. The molecule has 2 N–H and O–H groups in total. The first-order chi connectivity index (χ1) is 4.98. The zero-order valence-electron chi connectivity index (χ0n) is 7.81. The van der Waals surface area contributed by atoms with Gasteiger partial charge in [0.25, 0.3) is 0 Å². The van der Waals surface area contributed by atoms with E-state index in [2.05, 4.69) is 13.8 Å². The lowest BCUT2D eigenvalue weighted by Gasteiger charge is -2.22. The summed E-state index contributed by atoms with van der Waals surface area (Å²) in [7, 11) is 0. The summed E-state index contributed by atoms with van der Waals surface area (Å²) < 4.78 is 0. The van der Waals surface area contributed by atoms with Crippen LogP contribution in [-0.4, -0.2) is 12.3 Å². The second kappa shape index (κ2) is 4.50. The van der Waals surface area contributed by atoms with Crippen LogP contribution < -0.4 is 5.73 Å². The molecule has 0 radical (unpaired) electrons. The SMILES string of the molecule is CC(=O)CCC(C)(C)CCN. The van der Waals surface area contributed by atoms with Gasteiger partial charge in [0, 0.05) is 6.42 Å². The van der Waals surface area contributed by atoms with E-state index in [9.17, 15) is 4.79 Å². The van der Waals surface area contributed by atoms with Crippen LogP contribution in [0, 0.1) is 5.41 Å². The van der Waals surface area contributed by atoms with Gasteiger partial charge in [-0.05, 0) is 31.7 Å². The van der Waals surface area contributed by atoms with Crippen LogP contribution in [0.1, 0.15) is 40.0 Å². The summed E-state index contributed by atoms with van der Waals surface area (Å²) in [5.74, 6) is 0.273. The molecule has 0 heterocycles. The maximum absolute atomic E-state index is 10.7. The van der Waals surface area contributed by atoms with Gasteiger partial charge in [-0.2, -0.15) is 0 Å². The third-order valence-electron chi connectivity index (χ3n) is 1.97. The summed E-state index contributed by atoms with van der Waals surface area (Å²) in [6.45, 7) is 6.66. The monoisotopic (exact) mass is 157 g/mol. The number of carbonyl (C=O) groups excluding carboxylic acids is 1. The number of hydrogen-bond donors (Lipinski definition) is 1. The molecule has 0 rings (SSSR count). The molecule has 2 heteroatoms. The molecule has 0 saturated carbocycles. The Hall–Kier alpha value is -0.370. The van der Waals surface area contributed by atoms with Crippen molar-refractivity contribution < 1.29 is 4.79 Å². The van der Waals surface area contributed by atoms with E-state index in [1.54, 1.807) is 6.92 Å². The maximum Gasteiger partial charge on any atom is 0.129 e. The molecular formula is C9H19NO. The van der Waals surface area contributed by atoms with E-state index in [1.165, 1.54) is 0 Å². The van der Waals surface area contributed by atoms with E-state index in [1.807, 2.05) is 0 Å². The minimum atomic E-state index is 0.237. The number of carbonyl (C=O) groups is 1. The van der Waals surface area contributed by atoms with Crippen molar-refractivity contribution >= 4 is 5.78 Å². The molecule has 0 aromatic rings. The van der Waals surface area contributed by atoms with E-state index < -0.39 is 0 Å². The number of ketones is 1. The Morgan fingerprint density at radius 3 is 2.27 bits per heavy atom. The predicted octanol–water partition coefficient (Wildman–Crippen LogP) is 1.73. The number of hydrogen-bond acceptors (Lipinski definition) is 2. The van der Waals surface area contributed by atoms with E-state index in [4.69, 9.17) is 5.73 Å². The fourth-order valence-corrected chi connectivity index (χ4v) is 1.03. The number of rotatable bonds is 5. The Balaban J connectivity index is 3.63. The molecule has 0 unspecified atom stereocenters. The van der Waals surface area contributed by atoms with Gasteiger partial charge in [0.1, 0.15) is 5.78 Å². The first-order valence-electron chi connectivity index (χ1n) is 4.17. The molecule has 2 nitrogen and oxygen atoms in total. The van der Waals surface area contributed by atoms with Gasteiger partial charge >= 0.3 is 0 Å². The highest BCUT2D eigenvalue weighted by molar-refractivity contribution is 5.75. The Labute approximate surface area is 69.2 Å². The molecule has 0 aliphatic rings. The van der Waals surface area contributed by atoms with Crippen molar-refractivity contribution in [1.82, 2.24) is 0 Å². The third-order valence-corrected chi connectivity index (χ3v) is 1.97. The predicted molar refractivity (Wildman–Crippen MR) is 47.4 cm³/mol. The molecule has 0 aliphatic carbocycles. The van der Waals surface area contributed by atoms with Crippen LogP contribution in [0.25, 0.3) is 0 Å². The van der Waals surface area contributed by atoms with Gasteiger partial charge in [0.15, 0.2) is 0 Å². The molecule has 0 spiro atoms. The Morgan fingerprint density at radius 2 is 1.91 bits per heavy atom. The molecule has 0 aromatic carbocycles. The summed E-state index contributed by atoms with van der Waals surface area (Å²) >= 11 is 0. The molecule has 11 heavy (non-hydrogen) atoms. The van der Waals surface area contributed by atoms with Crippen LogP contribution in [0.4, 0.5) is 0 Å². The Kier molecular flexibility index (Phi) is 4.34. The van der Waals surface area contributed by atoms with Crippen LogP contribution in [0.3, 0.4) is 0 Å².